The van der Waals surface area contributed by atoms with E-state index in [9.17, 15) is 4.39 Å². The van der Waals surface area contributed by atoms with Gasteiger partial charge in [-0.05, 0) is 43.2 Å². The van der Waals surface area contributed by atoms with Gasteiger partial charge in [0.25, 0.3) is 0 Å². The third-order valence-corrected chi connectivity index (χ3v) is 3.89. The second kappa shape index (κ2) is 6.92. The van der Waals surface area contributed by atoms with Crippen molar-refractivity contribution in [1.82, 2.24) is 5.32 Å². The molecular formula is C17H19ClFNO. The van der Waals surface area contributed by atoms with Crippen molar-refractivity contribution >= 4 is 11.6 Å². The maximum Gasteiger partial charge on any atom is 0.165 e. The van der Waals surface area contributed by atoms with Crippen molar-refractivity contribution in [2.45, 2.75) is 25.9 Å². The lowest BCUT2D eigenvalue weighted by atomic mass is 10.0. The van der Waals surface area contributed by atoms with Gasteiger partial charge < -0.3 is 10.1 Å². The summed E-state index contributed by atoms with van der Waals surface area (Å²) in [7, 11) is 1.46. The van der Waals surface area contributed by atoms with E-state index in [4.69, 9.17) is 16.3 Å². The largest absolute Gasteiger partial charge is 0.494 e. The number of hydrogen-bond acceptors (Lipinski definition) is 2. The van der Waals surface area contributed by atoms with Crippen LogP contribution in [0.15, 0.2) is 42.5 Å². The lowest BCUT2D eigenvalue weighted by molar-refractivity contribution is 0.384. The predicted octanol–water partition coefficient (Wildman–Crippen LogP) is 4.90. The fraction of sp³-hybridized carbons (Fsp3) is 0.294. The van der Waals surface area contributed by atoms with E-state index in [1.165, 1.54) is 13.2 Å². The van der Waals surface area contributed by atoms with Crippen LogP contribution in [0.3, 0.4) is 0 Å². The van der Waals surface area contributed by atoms with Crippen LogP contribution in [0, 0.1) is 5.82 Å². The van der Waals surface area contributed by atoms with E-state index in [0.29, 0.717) is 0 Å². The van der Waals surface area contributed by atoms with Crippen molar-refractivity contribution in [3.8, 4) is 5.75 Å². The van der Waals surface area contributed by atoms with Crippen molar-refractivity contribution in [3.63, 3.8) is 0 Å². The molecule has 0 fully saturated rings. The standard InChI is InChI=1S/C17H19ClFNO/c1-11(13-8-9-16(19)17(10-13)21-3)20-12(2)14-6-4-5-7-15(14)18/h4-12,20H,1-3H3. The maximum absolute atomic E-state index is 13.5. The van der Waals surface area contributed by atoms with Gasteiger partial charge in [0.15, 0.2) is 11.6 Å². The lowest BCUT2D eigenvalue weighted by Crippen LogP contribution is -2.22. The van der Waals surface area contributed by atoms with Gasteiger partial charge in [-0.1, -0.05) is 35.9 Å². The van der Waals surface area contributed by atoms with Gasteiger partial charge in [-0.3, -0.25) is 0 Å². The van der Waals surface area contributed by atoms with E-state index in [-0.39, 0.29) is 23.7 Å². The van der Waals surface area contributed by atoms with E-state index in [1.807, 2.05) is 31.2 Å². The van der Waals surface area contributed by atoms with E-state index < -0.39 is 0 Å². The molecule has 2 atom stereocenters. The van der Waals surface area contributed by atoms with E-state index in [0.717, 1.165) is 16.1 Å². The molecule has 0 aliphatic rings. The smallest absolute Gasteiger partial charge is 0.165 e. The van der Waals surface area contributed by atoms with Crippen LogP contribution in [0.2, 0.25) is 5.02 Å². The summed E-state index contributed by atoms with van der Waals surface area (Å²) in [6, 6.07) is 12.8. The fourth-order valence-corrected chi connectivity index (χ4v) is 2.63. The van der Waals surface area contributed by atoms with E-state index >= 15 is 0 Å². The van der Waals surface area contributed by atoms with Gasteiger partial charge in [0.2, 0.25) is 0 Å². The first-order valence-electron chi connectivity index (χ1n) is 6.87. The van der Waals surface area contributed by atoms with Gasteiger partial charge in [-0.2, -0.15) is 0 Å². The Morgan fingerprint density at radius 3 is 2.48 bits per heavy atom. The SMILES string of the molecule is COc1cc(C(C)NC(C)c2ccccc2Cl)ccc1F. The fourth-order valence-electron chi connectivity index (χ4n) is 2.33. The molecule has 0 aromatic heterocycles. The molecule has 2 unspecified atom stereocenters. The van der Waals surface area contributed by atoms with Crippen LogP contribution in [0.25, 0.3) is 0 Å². The normalized spacial score (nSPS) is 13.8. The molecule has 0 saturated heterocycles. The summed E-state index contributed by atoms with van der Waals surface area (Å²) in [4.78, 5) is 0. The van der Waals surface area contributed by atoms with Gasteiger partial charge >= 0.3 is 0 Å². The minimum absolute atomic E-state index is 0.0470. The zero-order valence-electron chi connectivity index (χ0n) is 12.4. The number of benzene rings is 2. The second-order valence-corrected chi connectivity index (χ2v) is 5.43. The van der Waals surface area contributed by atoms with Crippen LogP contribution in [0.5, 0.6) is 5.75 Å². The Hall–Kier alpha value is -1.58. The van der Waals surface area contributed by atoms with Crippen LogP contribution >= 0.6 is 11.6 Å². The zero-order valence-corrected chi connectivity index (χ0v) is 13.1. The molecule has 2 aromatic rings. The van der Waals surface area contributed by atoms with Crippen molar-refractivity contribution in [2.75, 3.05) is 7.11 Å². The monoisotopic (exact) mass is 307 g/mol. The molecule has 112 valence electrons. The summed E-state index contributed by atoms with van der Waals surface area (Å²) in [5.74, 6) is -0.0980. The predicted molar refractivity (Wildman–Crippen MR) is 84.4 cm³/mol. The van der Waals surface area contributed by atoms with Gasteiger partial charge in [0, 0.05) is 17.1 Å². The highest BCUT2D eigenvalue weighted by Crippen LogP contribution is 2.27. The number of rotatable bonds is 5. The van der Waals surface area contributed by atoms with E-state index in [2.05, 4.69) is 12.2 Å². The molecule has 2 rings (SSSR count). The molecule has 2 aromatic carbocycles. The average Bonchev–Trinajstić information content (AvgIpc) is 2.48. The quantitative estimate of drug-likeness (QED) is 0.848. The second-order valence-electron chi connectivity index (χ2n) is 5.03. The Morgan fingerprint density at radius 1 is 1.10 bits per heavy atom. The van der Waals surface area contributed by atoms with Gasteiger partial charge in [-0.15, -0.1) is 0 Å². The number of ether oxygens (including phenoxy) is 1. The maximum atomic E-state index is 13.5. The number of hydrogen-bond donors (Lipinski definition) is 1. The highest BCUT2D eigenvalue weighted by atomic mass is 35.5. The molecule has 0 amide bonds. The van der Waals surface area contributed by atoms with Crippen LogP contribution in [0.4, 0.5) is 4.39 Å². The van der Waals surface area contributed by atoms with Crippen LogP contribution in [-0.4, -0.2) is 7.11 Å². The summed E-state index contributed by atoms with van der Waals surface area (Å²) >= 11 is 6.21. The van der Waals surface area contributed by atoms with E-state index in [1.54, 1.807) is 12.1 Å². The minimum atomic E-state index is -0.354. The summed E-state index contributed by atoms with van der Waals surface area (Å²) in [6.07, 6.45) is 0. The molecular weight excluding hydrogens is 289 g/mol. The Kier molecular flexibility index (Phi) is 5.21. The number of methoxy groups -OCH3 is 1. The third-order valence-electron chi connectivity index (χ3n) is 3.55. The topological polar surface area (TPSA) is 21.3 Å². The zero-order chi connectivity index (χ0) is 15.4. The summed E-state index contributed by atoms with van der Waals surface area (Å²) in [5, 5.41) is 4.20. The average molecular weight is 308 g/mol. The molecule has 0 radical (unpaired) electrons. The lowest BCUT2D eigenvalue weighted by Gasteiger charge is -2.22. The van der Waals surface area contributed by atoms with Gasteiger partial charge in [-0.25, -0.2) is 4.39 Å². The molecule has 0 heterocycles. The third kappa shape index (κ3) is 3.74. The molecule has 0 saturated carbocycles. The summed E-state index contributed by atoms with van der Waals surface area (Å²) in [5.41, 5.74) is 2.01. The minimum Gasteiger partial charge on any atom is -0.494 e. The first kappa shape index (κ1) is 15.8. The number of halogens is 2. The van der Waals surface area contributed by atoms with Crippen molar-refractivity contribution in [3.05, 3.63) is 64.4 Å². The summed E-state index contributed by atoms with van der Waals surface area (Å²) < 4.78 is 18.5. The first-order chi connectivity index (χ1) is 10.0. The van der Waals surface area contributed by atoms with Crippen molar-refractivity contribution < 1.29 is 9.13 Å². The highest BCUT2D eigenvalue weighted by molar-refractivity contribution is 6.31. The summed E-state index contributed by atoms with van der Waals surface area (Å²) in [6.45, 7) is 4.08. The number of nitrogens with one attached hydrogen (secondary N) is 1. The molecule has 21 heavy (non-hydrogen) atoms. The van der Waals surface area contributed by atoms with Gasteiger partial charge in [0.1, 0.15) is 0 Å². The molecule has 2 nitrogen and oxygen atoms in total. The molecule has 0 spiro atoms. The first-order valence-corrected chi connectivity index (χ1v) is 7.24. The Labute approximate surface area is 129 Å². The molecule has 0 aliphatic heterocycles. The molecule has 0 bridgehead atoms. The molecule has 0 aliphatic carbocycles. The molecule has 4 heteroatoms. The van der Waals surface area contributed by atoms with Gasteiger partial charge in [0.05, 0.1) is 7.11 Å². The van der Waals surface area contributed by atoms with Crippen LogP contribution in [0.1, 0.15) is 37.1 Å². The van der Waals surface area contributed by atoms with Crippen molar-refractivity contribution in [1.29, 1.82) is 0 Å². The van der Waals surface area contributed by atoms with Crippen LogP contribution < -0.4 is 10.1 Å². The highest BCUT2D eigenvalue weighted by Gasteiger charge is 2.14. The Balaban J connectivity index is 2.14. The van der Waals surface area contributed by atoms with Crippen molar-refractivity contribution in [2.24, 2.45) is 0 Å². The Morgan fingerprint density at radius 2 is 1.81 bits per heavy atom. The Bertz CT molecular complexity index is 617. The molecule has 1 N–H and O–H groups in total. The van der Waals surface area contributed by atoms with Crippen LogP contribution in [-0.2, 0) is 0 Å².